The van der Waals surface area contributed by atoms with Crippen LogP contribution in [0.4, 0.5) is 10.1 Å². The van der Waals surface area contributed by atoms with Crippen LogP contribution in [0.1, 0.15) is 10.4 Å². The van der Waals surface area contributed by atoms with Crippen molar-refractivity contribution in [3.05, 3.63) is 54.4 Å². The number of sulfonamides is 1. The molecule has 0 spiro atoms. The van der Waals surface area contributed by atoms with Crippen LogP contribution in [0.25, 0.3) is 0 Å². The van der Waals surface area contributed by atoms with Gasteiger partial charge in [-0.2, -0.15) is 0 Å². The van der Waals surface area contributed by atoms with Gasteiger partial charge in [-0.1, -0.05) is 6.08 Å². The van der Waals surface area contributed by atoms with Gasteiger partial charge in [-0.15, -0.1) is 6.58 Å². The van der Waals surface area contributed by atoms with Crippen LogP contribution in [0.2, 0.25) is 0 Å². The lowest BCUT2D eigenvalue weighted by atomic mass is 10.2. The highest BCUT2D eigenvalue weighted by Gasteiger charge is 2.21. The van der Waals surface area contributed by atoms with Crippen molar-refractivity contribution in [1.29, 1.82) is 0 Å². The van der Waals surface area contributed by atoms with Gasteiger partial charge in [-0.05, 0) is 18.2 Å². The Kier molecular flexibility index (Phi) is 7.18. The number of hydrogen-bond acceptors (Lipinski definition) is 6. The Labute approximate surface area is 168 Å². The summed E-state index contributed by atoms with van der Waals surface area (Å²) in [6, 6.07) is 6.05. The van der Waals surface area contributed by atoms with E-state index in [0.717, 1.165) is 12.1 Å². The molecule has 1 amide bonds. The maximum atomic E-state index is 14.0. The van der Waals surface area contributed by atoms with Crippen molar-refractivity contribution in [1.82, 2.24) is 4.72 Å². The lowest BCUT2D eigenvalue weighted by Crippen LogP contribution is -2.25. The predicted octanol–water partition coefficient (Wildman–Crippen LogP) is 2.57. The van der Waals surface area contributed by atoms with Crippen LogP contribution in [-0.4, -0.2) is 42.2 Å². The quantitative estimate of drug-likeness (QED) is 0.600. The summed E-state index contributed by atoms with van der Waals surface area (Å²) in [6.07, 6.45) is 1.32. The molecule has 8 nitrogen and oxygen atoms in total. The van der Waals surface area contributed by atoms with Gasteiger partial charge in [-0.3, -0.25) is 4.79 Å². The third kappa shape index (κ3) is 5.04. The first-order valence-electron chi connectivity index (χ1n) is 8.28. The summed E-state index contributed by atoms with van der Waals surface area (Å²) in [5, 5.41) is 2.59. The zero-order valence-corrected chi connectivity index (χ0v) is 16.9. The molecule has 2 aromatic carbocycles. The molecule has 0 aromatic heterocycles. The number of hydrogen-bond donors (Lipinski definition) is 2. The molecule has 156 valence electrons. The lowest BCUT2D eigenvalue weighted by Gasteiger charge is -2.15. The molecule has 2 rings (SSSR count). The monoisotopic (exact) mass is 424 g/mol. The van der Waals surface area contributed by atoms with Crippen molar-refractivity contribution in [3.63, 3.8) is 0 Å². The molecular formula is C19H21FN2O6S. The van der Waals surface area contributed by atoms with E-state index in [4.69, 9.17) is 14.2 Å². The van der Waals surface area contributed by atoms with Crippen LogP contribution in [0, 0.1) is 5.82 Å². The molecule has 2 aromatic rings. The zero-order valence-electron chi connectivity index (χ0n) is 16.1. The fraction of sp³-hybridized carbons (Fsp3) is 0.211. The fourth-order valence-electron chi connectivity index (χ4n) is 2.45. The van der Waals surface area contributed by atoms with Gasteiger partial charge in [0.25, 0.3) is 5.91 Å². The largest absolute Gasteiger partial charge is 0.493 e. The summed E-state index contributed by atoms with van der Waals surface area (Å²) < 4.78 is 56.3. The Morgan fingerprint density at radius 1 is 1.10 bits per heavy atom. The highest BCUT2D eigenvalue weighted by atomic mass is 32.2. The Morgan fingerprint density at radius 2 is 1.72 bits per heavy atom. The van der Waals surface area contributed by atoms with Crippen LogP contribution in [-0.2, 0) is 10.0 Å². The number of benzene rings is 2. The topological polar surface area (TPSA) is 103 Å². The molecule has 10 heteroatoms. The third-order valence-electron chi connectivity index (χ3n) is 3.82. The number of anilines is 1. The van der Waals surface area contributed by atoms with Crippen molar-refractivity contribution in [3.8, 4) is 17.2 Å². The minimum absolute atomic E-state index is 0.0564. The summed E-state index contributed by atoms with van der Waals surface area (Å²) in [4.78, 5) is 12.0. The molecule has 0 aliphatic rings. The molecule has 0 bridgehead atoms. The second-order valence-corrected chi connectivity index (χ2v) is 7.39. The van der Waals surface area contributed by atoms with Crippen molar-refractivity contribution < 1.29 is 31.8 Å². The highest BCUT2D eigenvalue weighted by Crippen LogP contribution is 2.40. The van der Waals surface area contributed by atoms with Crippen LogP contribution < -0.4 is 24.2 Å². The van der Waals surface area contributed by atoms with Gasteiger partial charge < -0.3 is 19.5 Å². The fourth-order valence-corrected chi connectivity index (χ4v) is 3.55. The number of carbonyl (C=O) groups is 1. The zero-order chi connectivity index (χ0) is 21.6. The van der Waals surface area contributed by atoms with Gasteiger partial charge in [0.1, 0.15) is 10.7 Å². The molecule has 0 atom stereocenters. The predicted molar refractivity (Wildman–Crippen MR) is 106 cm³/mol. The maximum absolute atomic E-state index is 14.0. The normalized spacial score (nSPS) is 10.9. The van der Waals surface area contributed by atoms with E-state index in [-0.39, 0.29) is 12.1 Å². The molecular weight excluding hydrogens is 403 g/mol. The van der Waals surface area contributed by atoms with E-state index in [9.17, 15) is 17.6 Å². The van der Waals surface area contributed by atoms with E-state index < -0.39 is 26.6 Å². The molecule has 0 heterocycles. The molecule has 0 radical (unpaired) electrons. The van der Waals surface area contributed by atoms with Crippen LogP contribution >= 0.6 is 0 Å². The highest BCUT2D eigenvalue weighted by molar-refractivity contribution is 7.89. The third-order valence-corrected chi connectivity index (χ3v) is 5.26. The van der Waals surface area contributed by atoms with E-state index in [1.54, 1.807) is 0 Å². The molecule has 0 aliphatic carbocycles. The number of halogens is 1. The van der Waals surface area contributed by atoms with Crippen LogP contribution in [0.3, 0.4) is 0 Å². The number of amides is 1. The van der Waals surface area contributed by atoms with Gasteiger partial charge in [0.05, 0.1) is 21.3 Å². The maximum Gasteiger partial charge on any atom is 0.255 e. The lowest BCUT2D eigenvalue weighted by molar-refractivity contribution is 0.102. The van der Waals surface area contributed by atoms with Gasteiger partial charge in [-0.25, -0.2) is 17.5 Å². The second kappa shape index (κ2) is 9.39. The van der Waals surface area contributed by atoms with E-state index in [2.05, 4.69) is 16.6 Å². The Hall–Kier alpha value is -3.11. The standard InChI is InChI=1S/C19H21FN2O6S/c1-5-8-21-29(24,25)17-9-12(6-7-14(17)20)19(23)22-13-10-15(26-2)18(28-4)16(11-13)27-3/h5-7,9-11,21H,1,8H2,2-4H3,(H,22,23). The van der Waals surface area contributed by atoms with Crippen LogP contribution in [0.15, 0.2) is 47.9 Å². The van der Waals surface area contributed by atoms with Crippen molar-refractivity contribution >= 4 is 21.6 Å². The van der Waals surface area contributed by atoms with Gasteiger partial charge in [0, 0.05) is 29.9 Å². The number of methoxy groups -OCH3 is 3. The molecule has 0 saturated heterocycles. The van der Waals surface area contributed by atoms with Crippen molar-refractivity contribution in [2.75, 3.05) is 33.2 Å². The van der Waals surface area contributed by atoms with Gasteiger partial charge in [0.15, 0.2) is 11.5 Å². The average Bonchev–Trinajstić information content (AvgIpc) is 2.71. The molecule has 2 N–H and O–H groups in total. The first-order chi connectivity index (χ1) is 13.8. The van der Waals surface area contributed by atoms with Crippen molar-refractivity contribution in [2.45, 2.75) is 4.90 Å². The minimum Gasteiger partial charge on any atom is -0.493 e. The first-order valence-corrected chi connectivity index (χ1v) is 9.77. The molecule has 29 heavy (non-hydrogen) atoms. The number of ether oxygens (including phenoxy) is 3. The van der Waals surface area contributed by atoms with E-state index in [1.807, 2.05) is 0 Å². The summed E-state index contributed by atoms with van der Waals surface area (Å²) in [5.74, 6) is -0.655. The number of nitrogens with one attached hydrogen (secondary N) is 2. The summed E-state index contributed by atoms with van der Waals surface area (Å²) in [6.45, 7) is 3.32. The van der Waals surface area contributed by atoms with Gasteiger partial charge in [0.2, 0.25) is 15.8 Å². The Morgan fingerprint density at radius 3 is 2.24 bits per heavy atom. The second-order valence-electron chi connectivity index (χ2n) is 5.65. The number of carbonyl (C=O) groups excluding carboxylic acids is 1. The SMILES string of the molecule is C=CCNS(=O)(=O)c1cc(C(=O)Nc2cc(OC)c(OC)c(OC)c2)ccc1F. The van der Waals surface area contributed by atoms with Crippen LogP contribution in [0.5, 0.6) is 17.2 Å². The molecule has 0 saturated carbocycles. The van der Waals surface area contributed by atoms with E-state index >= 15 is 0 Å². The molecule has 0 unspecified atom stereocenters. The van der Waals surface area contributed by atoms with E-state index in [1.165, 1.54) is 45.6 Å². The van der Waals surface area contributed by atoms with E-state index in [0.29, 0.717) is 22.9 Å². The molecule has 0 fully saturated rings. The summed E-state index contributed by atoms with van der Waals surface area (Å²) >= 11 is 0. The summed E-state index contributed by atoms with van der Waals surface area (Å²) in [5.41, 5.74) is 0.252. The Bertz CT molecular complexity index is 998. The minimum atomic E-state index is -4.15. The van der Waals surface area contributed by atoms with Crippen molar-refractivity contribution in [2.24, 2.45) is 0 Å². The van der Waals surface area contributed by atoms with Gasteiger partial charge >= 0.3 is 0 Å². The first kappa shape index (κ1) is 22.2. The number of rotatable bonds is 9. The average molecular weight is 424 g/mol. The Balaban J connectivity index is 2.37. The molecule has 0 aliphatic heterocycles. The summed E-state index contributed by atoms with van der Waals surface area (Å²) in [7, 11) is 0.153. The smallest absolute Gasteiger partial charge is 0.255 e.